The smallest absolute Gasteiger partial charge is 0.0809 e. The molecule has 0 spiro atoms. The normalized spacial score (nSPS) is 30.9. The molecule has 4 nitrogen and oxygen atoms in total. The Morgan fingerprint density at radius 1 is 1.29 bits per heavy atom. The third-order valence-corrected chi connectivity index (χ3v) is 3.74. The first-order valence-corrected chi connectivity index (χ1v) is 6.91. The maximum absolute atomic E-state index is 9.15. The molecule has 4 heteroatoms. The molecule has 0 aliphatic carbocycles. The van der Waals surface area contributed by atoms with Gasteiger partial charge in [0, 0.05) is 26.3 Å². The molecule has 0 amide bonds. The second-order valence-electron chi connectivity index (χ2n) is 5.20. The third kappa shape index (κ3) is 4.54. The molecule has 2 aliphatic heterocycles. The first kappa shape index (κ1) is 13.3. The quantitative estimate of drug-likeness (QED) is 0.703. The molecule has 0 saturated carbocycles. The Morgan fingerprint density at radius 2 is 2.24 bits per heavy atom. The number of ether oxygens (including phenoxy) is 2. The fourth-order valence-electron chi connectivity index (χ4n) is 2.69. The molecular weight excluding hydrogens is 218 g/mol. The average molecular weight is 243 g/mol. The number of aliphatic hydroxyl groups is 1. The van der Waals surface area contributed by atoms with Gasteiger partial charge in [-0.25, -0.2) is 0 Å². The fraction of sp³-hybridized carbons (Fsp3) is 1.00. The van der Waals surface area contributed by atoms with Crippen LogP contribution in [0.1, 0.15) is 25.7 Å². The molecule has 0 aromatic heterocycles. The monoisotopic (exact) mass is 243 g/mol. The van der Waals surface area contributed by atoms with Crippen molar-refractivity contribution in [3.63, 3.8) is 0 Å². The molecule has 0 radical (unpaired) electrons. The van der Waals surface area contributed by atoms with Gasteiger partial charge in [0.15, 0.2) is 0 Å². The van der Waals surface area contributed by atoms with Crippen molar-refractivity contribution in [2.45, 2.75) is 31.8 Å². The van der Waals surface area contributed by atoms with E-state index in [0.29, 0.717) is 18.6 Å². The van der Waals surface area contributed by atoms with Crippen LogP contribution in [-0.4, -0.2) is 62.2 Å². The minimum Gasteiger partial charge on any atom is -0.396 e. The molecule has 2 heterocycles. The zero-order valence-electron chi connectivity index (χ0n) is 10.6. The van der Waals surface area contributed by atoms with E-state index >= 15 is 0 Å². The molecule has 0 bridgehead atoms. The number of aliphatic hydroxyl groups excluding tert-OH is 1. The van der Waals surface area contributed by atoms with Gasteiger partial charge in [-0.1, -0.05) is 0 Å². The van der Waals surface area contributed by atoms with E-state index in [2.05, 4.69) is 4.90 Å². The molecular formula is C13H25NO3. The van der Waals surface area contributed by atoms with E-state index in [1.807, 2.05) is 0 Å². The van der Waals surface area contributed by atoms with Crippen LogP contribution in [0.25, 0.3) is 0 Å². The summed E-state index contributed by atoms with van der Waals surface area (Å²) >= 11 is 0. The highest BCUT2D eigenvalue weighted by Crippen LogP contribution is 2.15. The van der Waals surface area contributed by atoms with Gasteiger partial charge in [0.25, 0.3) is 0 Å². The van der Waals surface area contributed by atoms with Crippen LogP contribution in [0.4, 0.5) is 0 Å². The van der Waals surface area contributed by atoms with Gasteiger partial charge in [-0.05, 0) is 38.1 Å². The van der Waals surface area contributed by atoms with Crippen molar-refractivity contribution in [2.24, 2.45) is 5.92 Å². The summed E-state index contributed by atoms with van der Waals surface area (Å²) in [7, 11) is 0. The summed E-state index contributed by atoms with van der Waals surface area (Å²) in [6.45, 7) is 5.93. The lowest BCUT2D eigenvalue weighted by Crippen LogP contribution is -2.38. The Morgan fingerprint density at radius 3 is 3.00 bits per heavy atom. The fourth-order valence-corrected chi connectivity index (χ4v) is 2.69. The SMILES string of the molecule is OCC1CCCN(CCOCC2CCCO2)C1. The molecule has 2 saturated heterocycles. The molecule has 1 N–H and O–H groups in total. The lowest BCUT2D eigenvalue weighted by atomic mass is 9.99. The average Bonchev–Trinajstić information content (AvgIpc) is 2.88. The van der Waals surface area contributed by atoms with E-state index in [1.165, 1.54) is 19.3 Å². The van der Waals surface area contributed by atoms with Gasteiger partial charge < -0.3 is 19.5 Å². The zero-order chi connectivity index (χ0) is 11.9. The Kier molecular flexibility index (Phi) is 5.71. The minimum atomic E-state index is 0.327. The lowest BCUT2D eigenvalue weighted by Gasteiger charge is -2.31. The number of likely N-dealkylation sites (tertiary alicyclic amines) is 1. The summed E-state index contributed by atoms with van der Waals surface area (Å²) < 4.78 is 11.2. The highest BCUT2D eigenvalue weighted by atomic mass is 16.5. The maximum Gasteiger partial charge on any atom is 0.0809 e. The Bertz CT molecular complexity index is 207. The van der Waals surface area contributed by atoms with Crippen LogP contribution in [0.2, 0.25) is 0 Å². The second kappa shape index (κ2) is 7.31. The second-order valence-corrected chi connectivity index (χ2v) is 5.20. The Hall–Kier alpha value is -0.160. The van der Waals surface area contributed by atoms with Crippen molar-refractivity contribution in [1.29, 1.82) is 0 Å². The van der Waals surface area contributed by atoms with Crippen molar-refractivity contribution in [3.05, 3.63) is 0 Å². The van der Waals surface area contributed by atoms with Crippen molar-refractivity contribution >= 4 is 0 Å². The van der Waals surface area contributed by atoms with E-state index in [4.69, 9.17) is 14.6 Å². The van der Waals surface area contributed by atoms with Crippen molar-refractivity contribution < 1.29 is 14.6 Å². The maximum atomic E-state index is 9.15. The van der Waals surface area contributed by atoms with E-state index in [9.17, 15) is 0 Å². The number of piperidine rings is 1. The third-order valence-electron chi connectivity index (χ3n) is 3.74. The summed E-state index contributed by atoms with van der Waals surface area (Å²) in [4.78, 5) is 2.40. The Labute approximate surface area is 104 Å². The minimum absolute atomic E-state index is 0.327. The van der Waals surface area contributed by atoms with Crippen molar-refractivity contribution in [2.75, 3.05) is 46.1 Å². The van der Waals surface area contributed by atoms with Gasteiger partial charge in [0.1, 0.15) is 0 Å². The summed E-state index contributed by atoms with van der Waals surface area (Å²) in [5, 5.41) is 9.15. The highest BCUT2D eigenvalue weighted by Gasteiger charge is 2.19. The molecule has 0 aromatic rings. The standard InChI is InChI=1S/C13H25NO3/c15-10-12-3-1-5-14(9-12)6-8-16-11-13-4-2-7-17-13/h12-13,15H,1-11H2. The predicted octanol–water partition coefficient (Wildman–Crippen LogP) is 0.886. The van der Waals surface area contributed by atoms with E-state index in [1.54, 1.807) is 0 Å². The molecule has 2 unspecified atom stereocenters. The van der Waals surface area contributed by atoms with Crippen molar-refractivity contribution in [1.82, 2.24) is 4.90 Å². The van der Waals surface area contributed by atoms with Gasteiger partial charge in [-0.15, -0.1) is 0 Å². The van der Waals surface area contributed by atoms with Gasteiger partial charge in [0.2, 0.25) is 0 Å². The van der Waals surface area contributed by atoms with Gasteiger partial charge in [0.05, 0.1) is 19.3 Å². The number of hydrogen-bond acceptors (Lipinski definition) is 4. The van der Waals surface area contributed by atoms with E-state index in [0.717, 1.165) is 45.9 Å². The number of hydrogen-bond donors (Lipinski definition) is 1. The van der Waals surface area contributed by atoms with Crippen LogP contribution < -0.4 is 0 Å². The van der Waals surface area contributed by atoms with Crippen LogP contribution in [0.5, 0.6) is 0 Å². The first-order chi connectivity index (χ1) is 8.38. The molecule has 17 heavy (non-hydrogen) atoms. The van der Waals surface area contributed by atoms with Crippen LogP contribution >= 0.6 is 0 Å². The largest absolute Gasteiger partial charge is 0.396 e. The van der Waals surface area contributed by atoms with Gasteiger partial charge in [-0.3, -0.25) is 0 Å². The van der Waals surface area contributed by atoms with Crippen molar-refractivity contribution in [3.8, 4) is 0 Å². The first-order valence-electron chi connectivity index (χ1n) is 6.91. The van der Waals surface area contributed by atoms with E-state index < -0.39 is 0 Å². The summed E-state index contributed by atoms with van der Waals surface area (Å²) in [6.07, 6.45) is 5.04. The predicted molar refractivity (Wildman–Crippen MR) is 66.0 cm³/mol. The summed E-state index contributed by atoms with van der Waals surface area (Å²) in [5.41, 5.74) is 0. The highest BCUT2D eigenvalue weighted by molar-refractivity contribution is 4.72. The summed E-state index contributed by atoms with van der Waals surface area (Å²) in [6, 6.07) is 0. The van der Waals surface area contributed by atoms with E-state index in [-0.39, 0.29) is 0 Å². The number of rotatable bonds is 6. The molecule has 2 atom stereocenters. The van der Waals surface area contributed by atoms with Gasteiger partial charge >= 0.3 is 0 Å². The topological polar surface area (TPSA) is 41.9 Å². The Balaban J connectivity index is 1.52. The molecule has 100 valence electrons. The summed E-state index contributed by atoms with van der Waals surface area (Å²) in [5.74, 6) is 0.474. The lowest BCUT2D eigenvalue weighted by molar-refractivity contribution is 0.00573. The van der Waals surface area contributed by atoms with Gasteiger partial charge in [-0.2, -0.15) is 0 Å². The molecule has 2 rings (SSSR count). The van der Waals surface area contributed by atoms with Crippen LogP contribution in [-0.2, 0) is 9.47 Å². The number of nitrogens with zero attached hydrogens (tertiary/aromatic N) is 1. The van der Waals surface area contributed by atoms with Crippen LogP contribution in [0, 0.1) is 5.92 Å². The zero-order valence-corrected chi connectivity index (χ0v) is 10.6. The van der Waals surface area contributed by atoms with Crippen LogP contribution in [0.3, 0.4) is 0 Å². The molecule has 2 fully saturated rings. The van der Waals surface area contributed by atoms with Crippen LogP contribution in [0.15, 0.2) is 0 Å². The molecule has 0 aromatic carbocycles. The molecule has 2 aliphatic rings.